The molecule has 0 bridgehead atoms. The lowest BCUT2D eigenvalue weighted by Gasteiger charge is -2.17. The van der Waals surface area contributed by atoms with Crippen LogP contribution >= 0.6 is 11.6 Å². The maximum Gasteiger partial charge on any atom is 0.143 e. The molecule has 2 nitrogen and oxygen atoms in total. The van der Waals surface area contributed by atoms with Crippen LogP contribution in [-0.4, -0.2) is 17.3 Å². The topological polar surface area (TPSA) is 32.3 Å². The minimum atomic E-state index is -0.436. The number of halogens is 2. The molecule has 1 saturated carbocycles. The van der Waals surface area contributed by atoms with Gasteiger partial charge in [-0.2, -0.15) is 0 Å². The lowest BCUT2D eigenvalue weighted by molar-refractivity contribution is 0.172. The Balaban J connectivity index is 2.07. The molecule has 1 aromatic carbocycles. The average molecular weight is 230 g/mol. The first-order valence-electron chi connectivity index (χ1n) is 5.06. The number of aliphatic hydroxyl groups excluding tert-OH is 1. The van der Waals surface area contributed by atoms with Gasteiger partial charge in [0.05, 0.1) is 17.2 Å². The first kappa shape index (κ1) is 10.7. The molecule has 0 aliphatic heterocycles. The van der Waals surface area contributed by atoms with Crippen molar-refractivity contribution in [1.82, 2.24) is 0 Å². The van der Waals surface area contributed by atoms with Crippen LogP contribution in [-0.2, 0) is 0 Å². The Bertz CT molecular complexity index is 358. The first-order chi connectivity index (χ1) is 7.16. The van der Waals surface area contributed by atoms with Crippen LogP contribution < -0.4 is 5.32 Å². The zero-order valence-corrected chi connectivity index (χ0v) is 8.97. The molecule has 2 unspecified atom stereocenters. The van der Waals surface area contributed by atoms with Crippen molar-refractivity contribution in [2.45, 2.75) is 31.4 Å². The van der Waals surface area contributed by atoms with Crippen LogP contribution in [0.3, 0.4) is 0 Å². The monoisotopic (exact) mass is 229 g/mol. The van der Waals surface area contributed by atoms with Gasteiger partial charge in [0, 0.05) is 5.69 Å². The fraction of sp³-hybridized carbons (Fsp3) is 0.455. The summed E-state index contributed by atoms with van der Waals surface area (Å²) in [6.45, 7) is 0. The van der Waals surface area contributed by atoms with Gasteiger partial charge in [0.2, 0.25) is 0 Å². The molecule has 2 rings (SSSR count). The van der Waals surface area contributed by atoms with Crippen molar-refractivity contribution in [3.63, 3.8) is 0 Å². The summed E-state index contributed by atoms with van der Waals surface area (Å²) in [5, 5.41) is 12.8. The summed E-state index contributed by atoms with van der Waals surface area (Å²) >= 11 is 5.57. The molecule has 1 aliphatic rings. The molecule has 0 amide bonds. The molecule has 0 saturated heterocycles. The highest BCUT2D eigenvalue weighted by atomic mass is 35.5. The van der Waals surface area contributed by atoms with E-state index in [9.17, 15) is 9.50 Å². The van der Waals surface area contributed by atoms with Gasteiger partial charge in [-0.3, -0.25) is 0 Å². The second-order valence-corrected chi connectivity index (χ2v) is 4.29. The predicted octanol–water partition coefficient (Wildman–Crippen LogP) is 2.80. The molecule has 82 valence electrons. The van der Waals surface area contributed by atoms with Crippen LogP contribution in [0.5, 0.6) is 0 Å². The van der Waals surface area contributed by atoms with E-state index < -0.39 is 5.82 Å². The van der Waals surface area contributed by atoms with Crippen LogP contribution in [0.1, 0.15) is 19.3 Å². The lowest BCUT2D eigenvalue weighted by Crippen LogP contribution is -2.27. The average Bonchev–Trinajstić information content (AvgIpc) is 2.59. The SMILES string of the molecule is OC1CCCC1Nc1ccc(Cl)c(F)c1. The van der Waals surface area contributed by atoms with Crippen LogP contribution in [0.15, 0.2) is 18.2 Å². The Morgan fingerprint density at radius 2 is 2.20 bits per heavy atom. The number of rotatable bonds is 2. The molecule has 0 radical (unpaired) electrons. The number of anilines is 1. The zero-order chi connectivity index (χ0) is 10.8. The van der Waals surface area contributed by atoms with Gasteiger partial charge in [0.1, 0.15) is 5.82 Å². The molecule has 1 aliphatic carbocycles. The molecule has 1 aromatic rings. The highest BCUT2D eigenvalue weighted by Gasteiger charge is 2.24. The second-order valence-electron chi connectivity index (χ2n) is 3.88. The maximum absolute atomic E-state index is 13.1. The van der Waals surface area contributed by atoms with Gasteiger partial charge in [-0.1, -0.05) is 11.6 Å². The molecular formula is C11H13ClFNO. The third kappa shape index (κ3) is 2.41. The summed E-state index contributed by atoms with van der Waals surface area (Å²) in [6.07, 6.45) is 2.41. The summed E-state index contributed by atoms with van der Waals surface area (Å²) in [6, 6.07) is 4.62. The number of nitrogens with one attached hydrogen (secondary N) is 1. The Labute approximate surface area is 93.1 Å². The molecule has 2 atom stereocenters. The number of benzene rings is 1. The molecule has 0 heterocycles. The summed E-state index contributed by atoms with van der Waals surface area (Å²) in [7, 11) is 0. The molecule has 2 N–H and O–H groups in total. The van der Waals surface area contributed by atoms with Crippen molar-refractivity contribution in [1.29, 1.82) is 0 Å². The fourth-order valence-electron chi connectivity index (χ4n) is 1.91. The standard InChI is InChI=1S/C11H13ClFNO/c12-8-5-4-7(6-9(8)13)14-10-2-1-3-11(10)15/h4-6,10-11,14-15H,1-3H2. The molecule has 1 fully saturated rings. The zero-order valence-electron chi connectivity index (χ0n) is 8.21. The van der Waals surface area contributed by atoms with Crippen molar-refractivity contribution in [3.05, 3.63) is 29.0 Å². The van der Waals surface area contributed by atoms with Crippen LogP contribution in [0.4, 0.5) is 10.1 Å². The van der Waals surface area contributed by atoms with Gasteiger partial charge >= 0.3 is 0 Å². The van der Waals surface area contributed by atoms with E-state index in [0.717, 1.165) is 19.3 Å². The van der Waals surface area contributed by atoms with E-state index in [-0.39, 0.29) is 17.2 Å². The van der Waals surface area contributed by atoms with E-state index in [1.807, 2.05) is 0 Å². The van der Waals surface area contributed by atoms with Gasteiger partial charge in [0.15, 0.2) is 0 Å². The number of hydrogen-bond acceptors (Lipinski definition) is 2. The molecule has 0 spiro atoms. The van der Waals surface area contributed by atoms with E-state index in [1.54, 1.807) is 6.07 Å². The van der Waals surface area contributed by atoms with Crippen molar-refractivity contribution in [2.75, 3.05) is 5.32 Å². The van der Waals surface area contributed by atoms with E-state index in [1.165, 1.54) is 12.1 Å². The summed E-state index contributed by atoms with van der Waals surface area (Å²) in [5.74, 6) is -0.436. The smallest absolute Gasteiger partial charge is 0.143 e. The minimum absolute atomic E-state index is 0.0329. The third-order valence-corrected chi connectivity index (χ3v) is 3.06. The van der Waals surface area contributed by atoms with E-state index in [2.05, 4.69) is 5.32 Å². The van der Waals surface area contributed by atoms with Crippen molar-refractivity contribution < 1.29 is 9.50 Å². The first-order valence-corrected chi connectivity index (χ1v) is 5.44. The van der Waals surface area contributed by atoms with Gasteiger partial charge in [-0.25, -0.2) is 4.39 Å². The molecule has 0 aromatic heterocycles. The normalized spacial score (nSPS) is 25.5. The summed E-state index contributed by atoms with van der Waals surface area (Å²) in [5.41, 5.74) is 0.669. The molecule has 4 heteroatoms. The number of aliphatic hydroxyl groups is 1. The maximum atomic E-state index is 13.1. The highest BCUT2D eigenvalue weighted by molar-refractivity contribution is 6.30. The van der Waals surface area contributed by atoms with Crippen LogP contribution in [0, 0.1) is 5.82 Å². The van der Waals surface area contributed by atoms with Gasteiger partial charge in [-0.05, 0) is 37.5 Å². The fourth-order valence-corrected chi connectivity index (χ4v) is 2.03. The van der Waals surface area contributed by atoms with Crippen molar-refractivity contribution in [2.24, 2.45) is 0 Å². The van der Waals surface area contributed by atoms with Gasteiger partial charge in [-0.15, -0.1) is 0 Å². The van der Waals surface area contributed by atoms with Crippen molar-refractivity contribution >= 4 is 17.3 Å². The summed E-state index contributed by atoms with van der Waals surface area (Å²) < 4.78 is 13.1. The highest BCUT2D eigenvalue weighted by Crippen LogP contribution is 2.25. The Morgan fingerprint density at radius 3 is 2.80 bits per heavy atom. The van der Waals surface area contributed by atoms with Gasteiger partial charge in [0.25, 0.3) is 0 Å². The Kier molecular flexibility index (Phi) is 3.12. The van der Waals surface area contributed by atoms with E-state index >= 15 is 0 Å². The Morgan fingerprint density at radius 1 is 1.40 bits per heavy atom. The lowest BCUT2D eigenvalue weighted by atomic mass is 10.2. The molecule has 15 heavy (non-hydrogen) atoms. The third-order valence-electron chi connectivity index (χ3n) is 2.75. The number of hydrogen-bond donors (Lipinski definition) is 2. The van der Waals surface area contributed by atoms with Crippen LogP contribution in [0.2, 0.25) is 5.02 Å². The minimum Gasteiger partial charge on any atom is -0.391 e. The quantitative estimate of drug-likeness (QED) is 0.818. The summed E-state index contributed by atoms with van der Waals surface area (Å²) in [4.78, 5) is 0. The van der Waals surface area contributed by atoms with Gasteiger partial charge < -0.3 is 10.4 Å². The van der Waals surface area contributed by atoms with E-state index in [4.69, 9.17) is 11.6 Å². The molecular weight excluding hydrogens is 217 g/mol. The second kappa shape index (κ2) is 4.37. The van der Waals surface area contributed by atoms with Crippen LogP contribution in [0.25, 0.3) is 0 Å². The predicted molar refractivity (Wildman–Crippen MR) is 58.7 cm³/mol. The van der Waals surface area contributed by atoms with Crippen molar-refractivity contribution in [3.8, 4) is 0 Å². The van der Waals surface area contributed by atoms with E-state index in [0.29, 0.717) is 5.69 Å². The Hall–Kier alpha value is -0.800. The largest absolute Gasteiger partial charge is 0.391 e.